The molecule has 0 saturated carbocycles. The fourth-order valence-electron chi connectivity index (χ4n) is 2.20. The molecule has 2 aliphatic rings. The quantitative estimate of drug-likeness (QED) is 0.712. The van der Waals surface area contributed by atoms with Crippen molar-refractivity contribution < 1.29 is 28.5 Å². The molecule has 2 aliphatic heterocycles. The predicted octanol–water partition coefficient (Wildman–Crippen LogP) is 1.39. The Balaban J connectivity index is 1.94. The average Bonchev–Trinajstić information content (AvgIpc) is 2.72. The number of hydrogen-bond acceptors (Lipinski definition) is 6. The highest BCUT2D eigenvalue weighted by atomic mass is 16.8. The Morgan fingerprint density at radius 1 is 1.50 bits per heavy atom. The van der Waals surface area contributed by atoms with Crippen LogP contribution in [0.25, 0.3) is 0 Å². The summed E-state index contributed by atoms with van der Waals surface area (Å²) < 4.78 is 27.6. The van der Waals surface area contributed by atoms with Crippen molar-refractivity contribution in [2.75, 3.05) is 13.2 Å². The van der Waals surface area contributed by atoms with Crippen LogP contribution in [0.3, 0.4) is 0 Å². The molecule has 4 atom stereocenters. The summed E-state index contributed by atoms with van der Waals surface area (Å²) in [6, 6.07) is 0. The van der Waals surface area contributed by atoms with Gasteiger partial charge < -0.3 is 23.7 Å². The lowest BCUT2D eigenvalue weighted by Crippen LogP contribution is -2.44. The summed E-state index contributed by atoms with van der Waals surface area (Å²) in [6.45, 7) is 8.15. The van der Waals surface area contributed by atoms with Gasteiger partial charge in [0.2, 0.25) is 0 Å². The van der Waals surface area contributed by atoms with Crippen LogP contribution in [0.1, 0.15) is 27.7 Å². The molecule has 0 amide bonds. The van der Waals surface area contributed by atoms with Crippen LogP contribution >= 0.6 is 0 Å². The Bertz CT molecular complexity index is 378. The molecule has 20 heavy (non-hydrogen) atoms. The second-order valence-corrected chi connectivity index (χ2v) is 5.21. The van der Waals surface area contributed by atoms with Crippen LogP contribution in [0.15, 0.2) is 12.2 Å². The van der Waals surface area contributed by atoms with Crippen LogP contribution in [0, 0.1) is 0 Å². The van der Waals surface area contributed by atoms with Gasteiger partial charge >= 0.3 is 0 Å². The summed E-state index contributed by atoms with van der Waals surface area (Å²) >= 11 is 0. The zero-order valence-corrected chi connectivity index (χ0v) is 12.3. The van der Waals surface area contributed by atoms with E-state index < -0.39 is 30.6 Å². The molecule has 0 aromatic carbocycles. The first-order valence-electron chi connectivity index (χ1n) is 6.87. The van der Waals surface area contributed by atoms with Crippen molar-refractivity contribution in [1.82, 2.24) is 0 Å². The van der Waals surface area contributed by atoms with Gasteiger partial charge in [-0.05, 0) is 39.8 Å². The summed E-state index contributed by atoms with van der Waals surface area (Å²) in [6.07, 6.45) is 0.894. The maximum absolute atomic E-state index is 11.9. The van der Waals surface area contributed by atoms with E-state index in [9.17, 15) is 4.79 Å². The van der Waals surface area contributed by atoms with Gasteiger partial charge in [-0.1, -0.05) is 0 Å². The van der Waals surface area contributed by atoms with Crippen LogP contribution < -0.4 is 0 Å². The van der Waals surface area contributed by atoms with E-state index in [0.717, 1.165) is 0 Å². The van der Waals surface area contributed by atoms with E-state index in [4.69, 9.17) is 23.7 Å². The standard InChI is InChI=1S/C14H22O6/c1-5-16-9(2)18-12-7-6-10(15)13(19-12)11-8-17-14(3,4)20-11/h6-7,9,11-13H,5,8H2,1-4H3/t9?,11-,12-,13-/m1/s1. The molecule has 6 heteroatoms. The van der Waals surface area contributed by atoms with Crippen molar-refractivity contribution in [1.29, 1.82) is 0 Å². The summed E-state index contributed by atoms with van der Waals surface area (Å²) in [5.41, 5.74) is 0. The highest BCUT2D eigenvalue weighted by Crippen LogP contribution is 2.28. The molecule has 1 fully saturated rings. The molecule has 1 unspecified atom stereocenters. The second kappa shape index (κ2) is 6.32. The van der Waals surface area contributed by atoms with E-state index in [-0.39, 0.29) is 5.78 Å². The highest BCUT2D eigenvalue weighted by Gasteiger charge is 2.42. The molecule has 0 spiro atoms. The van der Waals surface area contributed by atoms with Crippen LogP contribution in [0.5, 0.6) is 0 Å². The Morgan fingerprint density at radius 3 is 2.85 bits per heavy atom. The van der Waals surface area contributed by atoms with Gasteiger partial charge in [0.15, 0.2) is 30.3 Å². The molecule has 2 heterocycles. The summed E-state index contributed by atoms with van der Waals surface area (Å²) in [5.74, 6) is -0.829. The number of carbonyl (C=O) groups excluding carboxylic acids is 1. The summed E-state index contributed by atoms with van der Waals surface area (Å²) in [5, 5.41) is 0. The first-order valence-corrected chi connectivity index (χ1v) is 6.87. The SMILES string of the molecule is CCOC(C)O[C@H]1C=CC(=O)[C@H]([C@H]2COC(C)(C)O2)O1. The Kier molecular flexibility index (Phi) is 4.93. The fourth-order valence-corrected chi connectivity index (χ4v) is 2.20. The van der Waals surface area contributed by atoms with E-state index in [1.165, 1.54) is 6.08 Å². The minimum atomic E-state index is -0.708. The molecule has 6 nitrogen and oxygen atoms in total. The second-order valence-electron chi connectivity index (χ2n) is 5.21. The molecule has 114 valence electrons. The normalized spacial score (nSPS) is 34.4. The number of ketones is 1. The van der Waals surface area contributed by atoms with Gasteiger partial charge in [0, 0.05) is 6.61 Å². The van der Waals surface area contributed by atoms with Crippen molar-refractivity contribution in [3.05, 3.63) is 12.2 Å². The van der Waals surface area contributed by atoms with Crippen molar-refractivity contribution in [3.8, 4) is 0 Å². The van der Waals surface area contributed by atoms with Gasteiger partial charge in [-0.3, -0.25) is 4.79 Å². The van der Waals surface area contributed by atoms with Crippen LogP contribution in [-0.4, -0.2) is 49.6 Å². The average molecular weight is 286 g/mol. The van der Waals surface area contributed by atoms with Crippen LogP contribution in [0.4, 0.5) is 0 Å². The molecular formula is C14H22O6. The van der Waals surface area contributed by atoms with E-state index >= 15 is 0 Å². The van der Waals surface area contributed by atoms with Crippen molar-refractivity contribution in [3.63, 3.8) is 0 Å². The maximum atomic E-state index is 11.9. The lowest BCUT2D eigenvalue weighted by molar-refractivity contribution is -0.245. The topological polar surface area (TPSA) is 63.2 Å². The summed E-state index contributed by atoms with van der Waals surface area (Å²) in [4.78, 5) is 11.9. The fraction of sp³-hybridized carbons (Fsp3) is 0.786. The zero-order valence-electron chi connectivity index (χ0n) is 12.3. The van der Waals surface area contributed by atoms with Gasteiger partial charge in [0.25, 0.3) is 0 Å². The van der Waals surface area contributed by atoms with Gasteiger partial charge in [0.05, 0.1) is 6.61 Å². The molecule has 0 bridgehead atoms. The van der Waals surface area contributed by atoms with Gasteiger partial charge in [-0.25, -0.2) is 0 Å². The molecule has 0 aromatic heterocycles. The number of hydrogen-bond donors (Lipinski definition) is 0. The number of ether oxygens (including phenoxy) is 5. The molecule has 2 rings (SSSR count). The number of carbonyl (C=O) groups is 1. The van der Waals surface area contributed by atoms with E-state index in [0.29, 0.717) is 13.2 Å². The van der Waals surface area contributed by atoms with Crippen LogP contribution in [-0.2, 0) is 28.5 Å². The lowest BCUT2D eigenvalue weighted by Gasteiger charge is -2.29. The summed E-state index contributed by atoms with van der Waals surface area (Å²) in [7, 11) is 0. The monoisotopic (exact) mass is 286 g/mol. The molecular weight excluding hydrogens is 264 g/mol. The van der Waals surface area contributed by atoms with E-state index in [1.807, 2.05) is 6.92 Å². The van der Waals surface area contributed by atoms with Crippen LogP contribution in [0.2, 0.25) is 0 Å². The van der Waals surface area contributed by atoms with Crippen molar-refractivity contribution in [2.24, 2.45) is 0 Å². The molecule has 0 radical (unpaired) electrons. The Labute approximate surface area is 119 Å². The maximum Gasteiger partial charge on any atom is 0.187 e. The largest absolute Gasteiger partial charge is 0.353 e. The Hall–Kier alpha value is -0.790. The number of rotatable bonds is 5. The first-order chi connectivity index (χ1) is 9.41. The smallest absolute Gasteiger partial charge is 0.187 e. The third kappa shape index (κ3) is 3.86. The third-order valence-electron chi connectivity index (χ3n) is 3.07. The molecule has 0 N–H and O–H groups in total. The van der Waals surface area contributed by atoms with Crippen molar-refractivity contribution >= 4 is 5.78 Å². The van der Waals surface area contributed by atoms with Crippen molar-refractivity contribution in [2.45, 2.75) is 58.3 Å². The zero-order chi connectivity index (χ0) is 14.8. The van der Waals surface area contributed by atoms with E-state index in [2.05, 4.69) is 0 Å². The van der Waals surface area contributed by atoms with Gasteiger partial charge in [0.1, 0.15) is 6.10 Å². The highest BCUT2D eigenvalue weighted by molar-refractivity contribution is 5.94. The lowest BCUT2D eigenvalue weighted by atomic mass is 10.1. The van der Waals surface area contributed by atoms with Gasteiger partial charge in [-0.2, -0.15) is 0 Å². The molecule has 0 aromatic rings. The third-order valence-corrected chi connectivity index (χ3v) is 3.07. The van der Waals surface area contributed by atoms with E-state index in [1.54, 1.807) is 26.8 Å². The molecule has 0 aliphatic carbocycles. The minimum absolute atomic E-state index is 0.139. The minimum Gasteiger partial charge on any atom is -0.353 e. The molecule has 1 saturated heterocycles. The van der Waals surface area contributed by atoms with Gasteiger partial charge in [-0.15, -0.1) is 0 Å². The Morgan fingerprint density at radius 2 is 2.25 bits per heavy atom. The first kappa shape index (κ1) is 15.6. The predicted molar refractivity (Wildman–Crippen MR) is 69.9 cm³/mol.